The van der Waals surface area contributed by atoms with Crippen molar-refractivity contribution in [3.05, 3.63) is 0 Å². The maximum atomic E-state index is 11.4. The summed E-state index contributed by atoms with van der Waals surface area (Å²) in [5, 5.41) is 3.10. The van der Waals surface area contributed by atoms with Crippen LogP contribution in [0.3, 0.4) is 0 Å². The molecule has 0 aliphatic rings. The Kier molecular flexibility index (Phi) is 4.99. The number of hydrogen-bond acceptors (Lipinski definition) is 2. The molecule has 0 aromatic heterocycles. The van der Waals surface area contributed by atoms with Crippen molar-refractivity contribution in [1.82, 2.24) is 10.2 Å². The third kappa shape index (κ3) is 5.64. The zero-order chi connectivity index (χ0) is 10.5. The first-order valence-electron chi connectivity index (χ1n) is 4.74. The van der Waals surface area contributed by atoms with Crippen molar-refractivity contribution in [2.24, 2.45) is 5.41 Å². The van der Waals surface area contributed by atoms with Gasteiger partial charge in [-0.2, -0.15) is 0 Å². The smallest absolute Gasteiger partial charge is 0.222 e. The number of carbonyl (C=O) groups excluding carboxylic acids is 1. The van der Waals surface area contributed by atoms with Crippen LogP contribution in [0.15, 0.2) is 0 Å². The molecule has 13 heavy (non-hydrogen) atoms. The Balaban J connectivity index is 3.93. The predicted octanol–water partition coefficient (Wildman–Crippen LogP) is 1.10. The van der Waals surface area contributed by atoms with E-state index in [0.717, 1.165) is 13.0 Å². The topological polar surface area (TPSA) is 32.3 Å². The van der Waals surface area contributed by atoms with Crippen molar-refractivity contribution in [1.29, 1.82) is 0 Å². The lowest BCUT2D eigenvalue weighted by molar-refractivity contribution is -0.130. The van der Waals surface area contributed by atoms with Crippen LogP contribution in [0.2, 0.25) is 0 Å². The zero-order valence-electron chi connectivity index (χ0n) is 9.48. The standard InChI is InChI=1S/C10H22N2O/c1-10(2,6-7-11-3)8-9(13)12(4)5/h11H,6-8H2,1-5H3. The average Bonchev–Trinajstić information content (AvgIpc) is 2.00. The van der Waals surface area contributed by atoms with Crippen molar-refractivity contribution in [2.75, 3.05) is 27.7 Å². The Morgan fingerprint density at radius 3 is 2.31 bits per heavy atom. The fourth-order valence-electron chi connectivity index (χ4n) is 1.12. The lowest BCUT2D eigenvalue weighted by Gasteiger charge is -2.25. The maximum absolute atomic E-state index is 11.4. The highest BCUT2D eigenvalue weighted by Crippen LogP contribution is 2.24. The summed E-state index contributed by atoms with van der Waals surface area (Å²) in [5.41, 5.74) is 0.102. The Morgan fingerprint density at radius 1 is 1.38 bits per heavy atom. The molecule has 0 rings (SSSR count). The summed E-state index contributed by atoms with van der Waals surface area (Å²) in [6, 6.07) is 0. The van der Waals surface area contributed by atoms with Crippen LogP contribution in [-0.4, -0.2) is 38.5 Å². The maximum Gasteiger partial charge on any atom is 0.222 e. The molecule has 0 bridgehead atoms. The fraction of sp³-hybridized carbons (Fsp3) is 0.900. The molecule has 0 fully saturated rings. The van der Waals surface area contributed by atoms with E-state index in [1.54, 1.807) is 19.0 Å². The number of carbonyl (C=O) groups is 1. The van der Waals surface area contributed by atoms with Crippen LogP contribution in [0, 0.1) is 5.41 Å². The van der Waals surface area contributed by atoms with Gasteiger partial charge in [-0.25, -0.2) is 0 Å². The molecule has 1 amide bonds. The highest BCUT2D eigenvalue weighted by atomic mass is 16.2. The summed E-state index contributed by atoms with van der Waals surface area (Å²) in [4.78, 5) is 13.1. The minimum absolute atomic E-state index is 0.102. The number of amides is 1. The van der Waals surface area contributed by atoms with Crippen molar-refractivity contribution in [3.63, 3.8) is 0 Å². The van der Waals surface area contributed by atoms with Gasteiger partial charge >= 0.3 is 0 Å². The summed E-state index contributed by atoms with van der Waals surface area (Å²) in [5.74, 6) is 0.209. The van der Waals surface area contributed by atoms with E-state index in [1.165, 1.54) is 0 Å². The van der Waals surface area contributed by atoms with Crippen molar-refractivity contribution in [3.8, 4) is 0 Å². The second-order valence-corrected chi connectivity index (χ2v) is 4.48. The molecule has 0 atom stereocenters. The van der Waals surface area contributed by atoms with Crippen LogP contribution in [0.25, 0.3) is 0 Å². The normalized spacial score (nSPS) is 11.5. The van der Waals surface area contributed by atoms with Gasteiger partial charge in [0.1, 0.15) is 0 Å². The molecule has 1 N–H and O–H groups in total. The monoisotopic (exact) mass is 186 g/mol. The Hall–Kier alpha value is -0.570. The molecule has 0 aliphatic carbocycles. The van der Waals surface area contributed by atoms with Crippen LogP contribution in [-0.2, 0) is 4.79 Å². The lowest BCUT2D eigenvalue weighted by Crippen LogP contribution is -2.29. The number of nitrogens with one attached hydrogen (secondary N) is 1. The average molecular weight is 186 g/mol. The molecule has 0 spiro atoms. The van der Waals surface area contributed by atoms with Crippen molar-refractivity contribution >= 4 is 5.91 Å². The van der Waals surface area contributed by atoms with Crippen molar-refractivity contribution in [2.45, 2.75) is 26.7 Å². The van der Waals surface area contributed by atoms with Crippen LogP contribution in [0.5, 0.6) is 0 Å². The van der Waals surface area contributed by atoms with E-state index in [1.807, 2.05) is 7.05 Å². The molecular weight excluding hydrogens is 164 g/mol. The Labute approximate surface area is 81.5 Å². The molecular formula is C10H22N2O. The van der Waals surface area contributed by atoms with Crippen LogP contribution in [0.1, 0.15) is 26.7 Å². The van der Waals surface area contributed by atoms with Gasteiger partial charge in [-0.3, -0.25) is 4.79 Å². The van der Waals surface area contributed by atoms with Gasteiger partial charge in [0.05, 0.1) is 0 Å². The van der Waals surface area contributed by atoms with Gasteiger partial charge in [0.15, 0.2) is 0 Å². The summed E-state index contributed by atoms with van der Waals surface area (Å²) in [7, 11) is 5.54. The second kappa shape index (κ2) is 5.22. The molecule has 0 saturated heterocycles. The molecule has 0 aromatic carbocycles. The molecule has 78 valence electrons. The third-order valence-electron chi connectivity index (χ3n) is 2.18. The minimum Gasteiger partial charge on any atom is -0.349 e. The molecule has 0 unspecified atom stereocenters. The zero-order valence-corrected chi connectivity index (χ0v) is 9.48. The predicted molar refractivity (Wildman–Crippen MR) is 55.6 cm³/mol. The van der Waals surface area contributed by atoms with E-state index < -0.39 is 0 Å². The number of nitrogens with zero attached hydrogens (tertiary/aromatic N) is 1. The van der Waals surface area contributed by atoms with Gasteiger partial charge in [-0.15, -0.1) is 0 Å². The van der Waals surface area contributed by atoms with Gasteiger partial charge in [-0.1, -0.05) is 13.8 Å². The van der Waals surface area contributed by atoms with Crippen LogP contribution in [0.4, 0.5) is 0 Å². The first-order valence-corrected chi connectivity index (χ1v) is 4.74. The molecule has 3 nitrogen and oxygen atoms in total. The van der Waals surface area contributed by atoms with E-state index in [4.69, 9.17) is 0 Å². The molecule has 3 heteroatoms. The summed E-state index contributed by atoms with van der Waals surface area (Å²) < 4.78 is 0. The van der Waals surface area contributed by atoms with Crippen LogP contribution < -0.4 is 5.32 Å². The molecule has 0 aliphatic heterocycles. The third-order valence-corrected chi connectivity index (χ3v) is 2.18. The van der Waals surface area contributed by atoms with Gasteiger partial charge < -0.3 is 10.2 Å². The van der Waals surface area contributed by atoms with E-state index in [0.29, 0.717) is 6.42 Å². The molecule has 0 radical (unpaired) electrons. The fourth-order valence-corrected chi connectivity index (χ4v) is 1.12. The quantitative estimate of drug-likeness (QED) is 0.697. The first kappa shape index (κ1) is 12.4. The van der Waals surface area contributed by atoms with Gasteiger partial charge in [0.2, 0.25) is 5.91 Å². The van der Waals surface area contributed by atoms with E-state index in [-0.39, 0.29) is 11.3 Å². The van der Waals surface area contributed by atoms with Crippen molar-refractivity contribution < 1.29 is 4.79 Å². The molecule has 0 aromatic rings. The largest absolute Gasteiger partial charge is 0.349 e. The molecule has 0 heterocycles. The Bertz CT molecular complexity index is 164. The van der Waals surface area contributed by atoms with E-state index >= 15 is 0 Å². The van der Waals surface area contributed by atoms with E-state index in [9.17, 15) is 4.79 Å². The summed E-state index contributed by atoms with van der Waals surface area (Å²) in [6.07, 6.45) is 1.66. The van der Waals surface area contributed by atoms with E-state index in [2.05, 4.69) is 19.2 Å². The summed E-state index contributed by atoms with van der Waals surface area (Å²) >= 11 is 0. The molecule has 0 saturated carbocycles. The second-order valence-electron chi connectivity index (χ2n) is 4.48. The number of rotatable bonds is 5. The SMILES string of the molecule is CNCCC(C)(C)CC(=O)N(C)C. The highest BCUT2D eigenvalue weighted by Gasteiger charge is 2.21. The first-order chi connectivity index (χ1) is 5.89. The minimum atomic E-state index is 0.102. The number of hydrogen-bond donors (Lipinski definition) is 1. The lowest BCUT2D eigenvalue weighted by atomic mass is 9.85. The van der Waals surface area contributed by atoms with Gasteiger partial charge in [0, 0.05) is 20.5 Å². The van der Waals surface area contributed by atoms with Gasteiger partial charge in [-0.05, 0) is 25.4 Å². The highest BCUT2D eigenvalue weighted by molar-refractivity contribution is 5.76. The van der Waals surface area contributed by atoms with Gasteiger partial charge in [0.25, 0.3) is 0 Å². The summed E-state index contributed by atoms with van der Waals surface area (Å²) in [6.45, 7) is 5.23. The van der Waals surface area contributed by atoms with Crippen LogP contribution >= 0.6 is 0 Å². The Morgan fingerprint density at radius 2 is 1.92 bits per heavy atom.